The highest BCUT2D eigenvalue weighted by Crippen LogP contribution is 2.17. The van der Waals surface area contributed by atoms with Crippen molar-refractivity contribution in [1.82, 2.24) is 10.3 Å². The van der Waals surface area contributed by atoms with Crippen molar-refractivity contribution in [3.63, 3.8) is 0 Å². The van der Waals surface area contributed by atoms with E-state index in [1.54, 1.807) is 0 Å². The molecule has 0 amide bonds. The molecule has 0 fully saturated rings. The van der Waals surface area contributed by atoms with Crippen molar-refractivity contribution in [1.29, 1.82) is 0 Å². The van der Waals surface area contributed by atoms with E-state index in [0.717, 1.165) is 24.4 Å². The minimum atomic E-state index is 0.230. The molecule has 1 aromatic heterocycles. The van der Waals surface area contributed by atoms with Gasteiger partial charge in [0.25, 0.3) is 0 Å². The van der Waals surface area contributed by atoms with E-state index in [4.69, 9.17) is 16.3 Å². The van der Waals surface area contributed by atoms with Gasteiger partial charge in [-0.05, 0) is 36.9 Å². The molecule has 2 aromatic rings. The van der Waals surface area contributed by atoms with E-state index in [2.05, 4.69) is 17.2 Å². The maximum absolute atomic E-state index is 5.95. The van der Waals surface area contributed by atoms with Crippen LogP contribution in [0.2, 0.25) is 5.02 Å². The van der Waals surface area contributed by atoms with E-state index in [-0.39, 0.29) is 6.04 Å². The lowest BCUT2D eigenvalue weighted by Crippen LogP contribution is -2.36. The molecule has 3 nitrogen and oxygen atoms in total. The SMILES string of the molecule is CCNC(COc1cccc(Cl)c1)Cc1ccccn1. The number of benzene rings is 1. The van der Waals surface area contributed by atoms with Crippen molar-refractivity contribution in [2.24, 2.45) is 0 Å². The molecule has 4 heteroatoms. The molecule has 0 aliphatic rings. The molecular formula is C16H19ClN2O. The largest absolute Gasteiger partial charge is 0.492 e. The van der Waals surface area contributed by atoms with Crippen LogP contribution in [-0.4, -0.2) is 24.2 Å². The fourth-order valence-electron chi connectivity index (χ4n) is 2.00. The highest BCUT2D eigenvalue weighted by molar-refractivity contribution is 6.30. The Labute approximate surface area is 124 Å². The number of nitrogens with zero attached hydrogens (tertiary/aromatic N) is 1. The molecule has 0 aliphatic heterocycles. The van der Waals surface area contributed by atoms with Gasteiger partial charge in [-0.15, -0.1) is 0 Å². The first-order chi connectivity index (χ1) is 9.78. The Morgan fingerprint density at radius 1 is 1.25 bits per heavy atom. The molecule has 0 aliphatic carbocycles. The van der Waals surface area contributed by atoms with Crippen LogP contribution < -0.4 is 10.1 Å². The van der Waals surface area contributed by atoms with Crippen molar-refractivity contribution >= 4 is 11.6 Å². The van der Waals surface area contributed by atoms with Crippen LogP contribution in [0.1, 0.15) is 12.6 Å². The first-order valence-electron chi connectivity index (χ1n) is 6.79. The van der Waals surface area contributed by atoms with Crippen LogP contribution >= 0.6 is 11.6 Å². The number of nitrogens with one attached hydrogen (secondary N) is 1. The summed E-state index contributed by atoms with van der Waals surface area (Å²) in [6.45, 7) is 3.58. The third-order valence-electron chi connectivity index (χ3n) is 2.92. The van der Waals surface area contributed by atoms with Gasteiger partial charge in [0, 0.05) is 29.4 Å². The molecule has 20 heavy (non-hydrogen) atoms. The summed E-state index contributed by atoms with van der Waals surface area (Å²) >= 11 is 5.95. The van der Waals surface area contributed by atoms with Gasteiger partial charge >= 0.3 is 0 Å². The Bertz CT molecular complexity index is 519. The quantitative estimate of drug-likeness (QED) is 0.849. The second-order valence-electron chi connectivity index (χ2n) is 4.55. The summed E-state index contributed by atoms with van der Waals surface area (Å²) in [6, 6.07) is 13.7. The maximum Gasteiger partial charge on any atom is 0.120 e. The average molecular weight is 291 g/mol. The lowest BCUT2D eigenvalue weighted by Gasteiger charge is -2.18. The summed E-state index contributed by atoms with van der Waals surface area (Å²) in [5, 5.41) is 4.11. The van der Waals surface area contributed by atoms with Gasteiger partial charge in [0.2, 0.25) is 0 Å². The van der Waals surface area contributed by atoms with Crippen LogP contribution in [-0.2, 0) is 6.42 Å². The third kappa shape index (κ3) is 4.83. The summed E-state index contributed by atoms with van der Waals surface area (Å²) < 4.78 is 5.80. The average Bonchev–Trinajstić information content (AvgIpc) is 2.46. The Morgan fingerprint density at radius 3 is 2.85 bits per heavy atom. The van der Waals surface area contributed by atoms with Crippen molar-refractivity contribution in [3.05, 3.63) is 59.4 Å². The van der Waals surface area contributed by atoms with Gasteiger partial charge in [0.05, 0.1) is 0 Å². The summed E-state index contributed by atoms with van der Waals surface area (Å²) in [6.07, 6.45) is 2.66. The fraction of sp³-hybridized carbons (Fsp3) is 0.312. The van der Waals surface area contributed by atoms with Crippen LogP contribution in [0.4, 0.5) is 0 Å². The molecule has 1 N–H and O–H groups in total. The van der Waals surface area contributed by atoms with Gasteiger partial charge in [-0.25, -0.2) is 0 Å². The summed E-state index contributed by atoms with van der Waals surface area (Å²) in [5.74, 6) is 0.793. The second-order valence-corrected chi connectivity index (χ2v) is 4.98. The standard InChI is InChI=1S/C16H19ClN2O/c1-2-18-15(11-14-7-3-4-9-19-14)12-20-16-8-5-6-13(17)10-16/h3-10,15,18H,2,11-12H2,1H3. The Balaban J connectivity index is 1.92. The molecule has 106 valence electrons. The van der Waals surface area contributed by atoms with Crippen molar-refractivity contribution < 1.29 is 4.74 Å². The Morgan fingerprint density at radius 2 is 2.15 bits per heavy atom. The number of halogens is 1. The predicted octanol–water partition coefficient (Wildman–Crippen LogP) is 3.33. The molecule has 0 spiro atoms. The number of ether oxygens (including phenoxy) is 1. The number of hydrogen-bond acceptors (Lipinski definition) is 3. The van der Waals surface area contributed by atoms with Crippen LogP contribution in [0, 0.1) is 0 Å². The van der Waals surface area contributed by atoms with Gasteiger partial charge in [0.15, 0.2) is 0 Å². The van der Waals surface area contributed by atoms with Crippen LogP contribution in [0.25, 0.3) is 0 Å². The molecule has 1 aromatic carbocycles. The highest BCUT2D eigenvalue weighted by atomic mass is 35.5. The zero-order chi connectivity index (χ0) is 14.2. The molecule has 1 heterocycles. The van der Waals surface area contributed by atoms with Gasteiger partial charge in [-0.2, -0.15) is 0 Å². The van der Waals surface area contributed by atoms with E-state index in [9.17, 15) is 0 Å². The second kappa shape index (κ2) is 7.88. The lowest BCUT2D eigenvalue weighted by atomic mass is 10.1. The Hall–Kier alpha value is -1.58. The van der Waals surface area contributed by atoms with Crippen LogP contribution in [0.15, 0.2) is 48.7 Å². The summed E-state index contributed by atoms with van der Waals surface area (Å²) in [7, 11) is 0. The van der Waals surface area contributed by atoms with Crippen molar-refractivity contribution in [3.8, 4) is 5.75 Å². The zero-order valence-electron chi connectivity index (χ0n) is 11.6. The summed E-state index contributed by atoms with van der Waals surface area (Å²) in [5.41, 5.74) is 1.06. The molecule has 0 saturated carbocycles. The van der Waals surface area contributed by atoms with Gasteiger partial charge < -0.3 is 10.1 Å². The summed E-state index contributed by atoms with van der Waals surface area (Å²) in [4.78, 5) is 4.35. The topological polar surface area (TPSA) is 34.1 Å². The first kappa shape index (κ1) is 14.8. The number of pyridine rings is 1. The molecule has 0 bridgehead atoms. The van der Waals surface area contributed by atoms with E-state index in [0.29, 0.717) is 11.6 Å². The van der Waals surface area contributed by atoms with Gasteiger partial charge in [-0.1, -0.05) is 30.7 Å². The lowest BCUT2D eigenvalue weighted by molar-refractivity contribution is 0.264. The molecule has 0 radical (unpaired) electrons. The number of rotatable bonds is 7. The molecule has 1 atom stereocenters. The monoisotopic (exact) mass is 290 g/mol. The van der Waals surface area contributed by atoms with E-state index in [1.807, 2.05) is 48.7 Å². The van der Waals surface area contributed by atoms with Gasteiger partial charge in [-0.3, -0.25) is 4.98 Å². The number of hydrogen-bond donors (Lipinski definition) is 1. The zero-order valence-corrected chi connectivity index (χ0v) is 12.3. The Kier molecular flexibility index (Phi) is 5.84. The maximum atomic E-state index is 5.95. The van der Waals surface area contributed by atoms with Gasteiger partial charge in [0.1, 0.15) is 12.4 Å². The first-order valence-corrected chi connectivity index (χ1v) is 7.17. The highest BCUT2D eigenvalue weighted by Gasteiger charge is 2.10. The minimum absolute atomic E-state index is 0.230. The predicted molar refractivity (Wildman–Crippen MR) is 82.4 cm³/mol. The third-order valence-corrected chi connectivity index (χ3v) is 3.16. The smallest absolute Gasteiger partial charge is 0.120 e. The van der Waals surface area contributed by atoms with Crippen molar-refractivity contribution in [2.45, 2.75) is 19.4 Å². The van der Waals surface area contributed by atoms with Crippen molar-refractivity contribution in [2.75, 3.05) is 13.2 Å². The normalized spacial score (nSPS) is 12.1. The van der Waals surface area contributed by atoms with E-state index in [1.165, 1.54) is 0 Å². The molecular weight excluding hydrogens is 272 g/mol. The molecule has 2 rings (SSSR count). The van der Waals surface area contributed by atoms with E-state index >= 15 is 0 Å². The number of aromatic nitrogens is 1. The minimum Gasteiger partial charge on any atom is -0.492 e. The molecule has 0 saturated heterocycles. The van der Waals surface area contributed by atoms with Crippen LogP contribution in [0.3, 0.4) is 0 Å². The molecule has 1 unspecified atom stereocenters. The van der Waals surface area contributed by atoms with E-state index < -0.39 is 0 Å². The van der Waals surface area contributed by atoms with Crippen LogP contribution in [0.5, 0.6) is 5.75 Å². The number of likely N-dealkylation sites (N-methyl/N-ethyl adjacent to an activating group) is 1. The fourth-order valence-corrected chi connectivity index (χ4v) is 2.18.